The van der Waals surface area contributed by atoms with Crippen LogP contribution in [0.5, 0.6) is 0 Å². The molecule has 0 aliphatic rings. The van der Waals surface area contributed by atoms with Gasteiger partial charge in [0.2, 0.25) is 0 Å². The Morgan fingerprint density at radius 1 is 1.33 bits per heavy atom. The van der Waals surface area contributed by atoms with Gasteiger partial charge in [0.05, 0.1) is 12.4 Å². The molecule has 6 heteroatoms. The van der Waals surface area contributed by atoms with E-state index in [0.29, 0.717) is 18.9 Å². The summed E-state index contributed by atoms with van der Waals surface area (Å²) in [5.74, 6) is 0.246. The highest BCUT2D eigenvalue weighted by molar-refractivity contribution is 7.85. The van der Waals surface area contributed by atoms with Crippen molar-refractivity contribution >= 4 is 10.1 Å². The van der Waals surface area contributed by atoms with Crippen molar-refractivity contribution in [3.05, 3.63) is 0 Å². The minimum absolute atomic E-state index is 0.00592. The fourth-order valence-electron chi connectivity index (χ4n) is 1.35. The summed E-state index contributed by atoms with van der Waals surface area (Å²) in [6.45, 7) is 4.65. The van der Waals surface area contributed by atoms with Gasteiger partial charge in [-0.05, 0) is 25.3 Å². The Bertz CT molecular complexity index is 251. The van der Waals surface area contributed by atoms with E-state index in [1.54, 1.807) is 0 Å². The van der Waals surface area contributed by atoms with Gasteiger partial charge in [0.25, 0.3) is 10.1 Å². The molecule has 0 aliphatic carbocycles. The van der Waals surface area contributed by atoms with Gasteiger partial charge in [-0.2, -0.15) is 8.42 Å². The molecule has 0 heterocycles. The summed E-state index contributed by atoms with van der Waals surface area (Å²) < 4.78 is 29.3. The van der Waals surface area contributed by atoms with Gasteiger partial charge in [0.1, 0.15) is 0 Å². The molecule has 0 radical (unpaired) electrons. The van der Waals surface area contributed by atoms with E-state index in [1.807, 2.05) is 0 Å². The molecule has 1 unspecified atom stereocenters. The van der Waals surface area contributed by atoms with Crippen LogP contribution in [0.4, 0.5) is 0 Å². The van der Waals surface area contributed by atoms with Crippen molar-refractivity contribution in [2.24, 2.45) is 5.92 Å². The van der Waals surface area contributed by atoms with Crippen molar-refractivity contribution in [3.8, 4) is 0 Å². The van der Waals surface area contributed by atoms with E-state index in [9.17, 15) is 8.42 Å². The summed E-state index contributed by atoms with van der Waals surface area (Å²) in [4.78, 5) is 0. The molecule has 5 nitrogen and oxygen atoms in total. The summed E-state index contributed by atoms with van der Waals surface area (Å²) in [6, 6.07) is 0.00592. The molecule has 0 fully saturated rings. The first kappa shape index (κ1) is 14.8. The van der Waals surface area contributed by atoms with Gasteiger partial charge >= 0.3 is 0 Å². The highest BCUT2D eigenvalue weighted by Crippen LogP contribution is 2.03. The Hall–Kier alpha value is -0.170. The van der Waals surface area contributed by atoms with Gasteiger partial charge in [0, 0.05) is 6.04 Å². The predicted octanol–water partition coefficient (Wildman–Crippen LogP) is 0.261. The molecular weight excluding hydrogens is 218 g/mol. The van der Waals surface area contributed by atoms with Crippen LogP contribution in [0, 0.1) is 5.92 Å². The SMILES string of the molecule is CC(C)CC(CO)NCCCS(=O)(=O)O. The lowest BCUT2D eigenvalue weighted by Crippen LogP contribution is -2.35. The Morgan fingerprint density at radius 3 is 2.33 bits per heavy atom. The molecule has 0 rings (SSSR count). The molecule has 0 spiro atoms. The minimum atomic E-state index is -3.85. The number of hydrogen-bond donors (Lipinski definition) is 3. The van der Waals surface area contributed by atoms with Crippen LogP contribution in [0.2, 0.25) is 0 Å². The average Bonchev–Trinajstić information content (AvgIpc) is 2.08. The zero-order chi connectivity index (χ0) is 11.9. The molecule has 3 N–H and O–H groups in total. The first-order valence-corrected chi connectivity index (χ1v) is 6.75. The molecule has 0 amide bonds. The van der Waals surface area contributed by atoms with Crippen LogP contribution in [0.3, 0.4) is 0 Å². The van der Waals surface area contributed by atoms with Crippen molar-refractivity contribution in [2.75, 3.05) is 18.9 Å². The Kier molecular flexibility index (Phi) is 7.08. The predicted molar refractivity (Wildman–Crippen MR) is 59.4 cm³/mol. The minimum Gasteiger partial charge on any atom is -0.395 e. The average molecular weight is 239 g/mol. The van der Waals surface area contributed by atoms with E-state index in [4.69, 9.17) is 9.66 Å². The first-order valence-electron chi connectivity index (χ1n) is 5.14. The maximum atomic E-state index is 10.4. The van der Waals surface area contributed by atoms with Gasteiger partial charge in [0.15, 0.2) is 0 Å². The summed E-state index contributed by atoms with van der Waals surface area (Å²) in [7, 11) is -3.85. The quantitative estimate of drug-likeness (QED) is 0.418. The molecule has 1 atom stereocenters. The van der Waals surface area contributed by atoms with Crippen molar-refractivity contribution in [3.63, 3.8) is 0 Å². The third-order valence-corrected chi connectivity index (χ3v) is 2.79. The highest BCUT2D eigenvalue weighted by Gasteiger charge is 2.09. The Morgan fingerprint density at radius 2 is 1.93 bits per heavy atom. The number of nitrogens with one attached hydrogen (secondary N) is 1. The standard InChI is InChI=1S/C9H21NO4S/c1-8(2)6-9(7-11)10-4-3-5-15(12,13)14/h8-11H,3-7H2,1-2H3,(H,12,13,14). The molecule has 92 valence electrons. The van der Waals surface area contributed by atoms with Crippen LogP contribution in [0.15, 0.2) is 0 Å². The van der Waals surface area contributed by atoms with E-state index >= 15 is 0 Å². The van der Waals surface area contributed by atoms with Crippen LogP contribution in [0.25, 0.3) is 0 Å². The fourth-order valence-corrected chi connectivity index (χ4v) is 1.86. The lowest BCUT2D eigenvalue weighted by molar-refractivity contribution is 0.225. The van der Waals surface area contributed by atoms with Crippen molar-refractivity contribution in [2.45, 2.75) is 32.7 Å². The lowest BCUT2D eigenvalue weighted by atomic mass is 10.0. The van der Waals surface area contributed by atoms with Crippen LogP contribution in [-0.4, -0.2) is 43.0 Å². The summed E-state index contributed by atoms with van der Waals surface area (Å²) >= 11 is 0. The summed E-state index contributed by atoms with van der Waals surface area (Å²) in [5, 5.41) is 12.1. The molecule has 0 saturated carbocycles. The molecule has 0 saturated heterocycles. The van der Waals surface area contributed by atoms with Crippen molar-refractivity contribution < 1.29 is 18.1 Å². The first-order chi connectivity index (χ1) is 6.85. The third-order valence-electron chi connectivity index (χ3n) is 1.99. The zero-order valence-electron chi connectivity index (χ0n) is 9.31. The van der Waals surface area contributed by atoms with E-state index in [1.165, 1.54) is 0 Å². The van der Waals surface area contributed by atoms with Gasteiger partial charge in [-0.3, -0.25) is 4.55 Å². The second-order valence-electron chi connectivity index (χ2n) is 4.10. The molecule has 15 heavy (non-hydrogen) atoms. The highest BCUT2D eigenvalue weighted by atomic mass is 32.2. The molecule has 0 aromatic rings. The second-order valence-corrected chi connectivity index (χ2v) is 5.67. The maximum Gasteiger partial charge on any atom is 0.264 e. The lowest BCUT2D eigenvalue weighted by Gasteiger charge is -2.17. The fraction of sp³-hybridized carbons (Fsp3) is 1.00. The summed E-state index contributed by atoms with van der Waals surface area (Å²) in [6.07, 6.45) is 1.20. The molecule has 0 aromatic heterocycles. The number of aliphatic hydroxyl groups is 1. The van der Waals surface area contributed by atoms with Gasteiger partial charge in [-0.1, -0.05) is 13.8 Å². The van der Waals surface area contributed by atoms with E-state index in [0.717, 1.165) is 6.42 Å². The van der Waals surface area contributed by atoms with Crippen LogP contribution >= 0.6 is 0 Å². The van der Waals surface area contributed by atoms with E-state index < -0.39 is 10.1 Å². The van der Waals surface area contributed by atoms with Crippen LogP contribution in [0.1, 0.15) is 26.7 Å². The molecule has 0 bridgehead atoms. The number of aliphatic hydroxyl groups excluding tert-OH is 1. The maximum absolute atomic E-state index is 10.4. The normalized spacial score (nSPS) is 14.5. The monoisotopic (exact) mass is 239 g/mol. The number of rotatable bonds is 8. The van der Waals surface area contributed by atoms with E-state index in [2.05, 4.69) is 19.2 Å². The molecular formula is C9H21NO4S. The zero-order valence-corrected chi connectivity index (χ0v) is 10.1. The van der Waals surface area contributed by atoms with Crippen molar-refractivity contribution in [1.82, 2.24) is 5.32 Å². The molecule has 0 aromatic carbocycles. The third kappa shape index (κ3) is 10.1. The van der Waals surface area contributed by atoms with Crippen molar-refractivity contribution in [1.29, 1.82) is 0 Å². The Balaban J connectivity index is 3.64. The van der Waals surface area contributed by atoms with Crippen LogP contribution in [-0.2, 0) is 10.1 Å². The van der Waals surface area contributed by atoms with Gasteiger partial charge in [-0.15, -0.1) is 0 Å². The van der Waals surface area contributed by atoms with Gasteiger partial charge in [-0.25, -0.2) is 0 Å². The smallest absolute Gasteiger partial charge is 0.264 e. The summed E-state index contributed by atoms with van der Waals surface area (Å²) in [5.41, 5.74) is 0. The Labute approximate surface area is 91.6 Å². The molecule has 0 aliphatic heterocycles. The van der Waals surface area contributed by atoms with Gasteiger partial charge < -0.3 is 10.4 Å². The topological polar surface area (TPSA) is 86.6 Å². The van der Waals surface area contributed by atoms with Crippen LogP contribution < -0.4 is 5.32 Å². The van der Waals surface area contributed by atoms with E-state index in [-0.39, 0.29) is 18.4 Å². The number of hydrogen-bond acceptors (Lipinski definition) is 4. The second kappa shape index (κ2) is 7.16. The largest absolute Gasteiger partial charge is 0.395 e.